The van der Waals surface area contributed by atoms with E-state index in [9.17, 15) is 9.90 Å². The van der Waals surface area contributed by atoms with Crippen molar-refractivity contribution in [2.24, 2.45) is 0 Å². The number of amides is 1. The topological polar surface area (TPSA) is 107 Å². The van der Waals surface area contributed by atoms with Crippen LogP contribution in [0.3, 0.4) is 0 Å². The fourth-order valence-corrected chi connectivity index (χ4v) is 1.70. The lowest BCUT2D eigenvalue weighted by molar-refractivity contribution is 0.0325. The lowest BCUT2D eigenvalue weighted by Crippen LogP contribution is -2.47. The standard InChI is InChI=1S/C11H21N5O2/c1-7-8(12)9(15-14-7)10(17)13-5-11(2,18)6-16(3)4/h18H,5-6,12H2,1-4H3,(H,13,17)(H,14,15). The highest BCUT2D eigenvalue weighted by atomic mass is 16.3. The Bertz CT molecular complexity index is 425. The molecule has 0 spiro atoms. The number of aromatic amines is 1. The number of hydrogen-bond donors (Lipinski definition) is 4. The first-order valence-electron chi connectivity index (χ1n) is 5.68. The smallest absolute Gasteiger partial charge is 0.274 e. The molecule has 7 nitrogen and oxygen atoms in total. The van der Waals surface area contributed by atoms with Gasteiger partial charge in [-0.2, -0.15) is 5.10 Å². The predicted molar refractivity (Wildman–Crippen MR) is 69.2 cm³/mol. The summed E-state index contributed by atoms with van der Waals surface area (Å²) in [4.78, 5) is 13.7. The molecule has 0 aliphatic heterocycles. The largest absolute Gasteiger partial charge is 0.395 e. The van der Waals surface area contributed by atoms with Gasteiger partial charge in [-0.05, 0) is 27.9 Å². The molecule has 5 N–H and O–H groups in total. The molecule has 0 fully saturated rings. The first kappa shape index (κ1) is 14.5. The number of nitrogens with zero attached hydrogens (tertiary/aromatic N) is 2. The number of nitrogens with two attached hydrogens (primary N) is 1. The second-order valence-electron chi connectivity index (χ2n) is 5.03. The zero-order valence-electron chi connectivity index (χ0n) is 11.2. The minimum atomic E-state index is -1.00. The third kappa shape index (κ3) is 3.71. The number of hydrogen-bond acceptors (Lipinski definition) is 5. The highest BCUT2D eigenvalue weighted by molar-refractivity contribution is 5.97. The summed E-state index contributed by atoms with van der Waals surface area (Å²) in [5.74, 6) is -0.393. The van der Waals surface area contributed by atoms with E-state index in [1.54, 1.807) is 13.8 Å². The zero-order chi connectivity index (χ0) is 13.9. The van der Waals surface area contributed by atoms with E-state index in [0.717, 1.165) is 0 Å². The highest BCUT2D eigenvalue weighted by Crippen LogP contribution is 2.12. The van der Waals surface area contributed by atoms with Crippen LogP contribution in [0.15, 0.2) is 0 Å². The third-order valence-corrected chi connectivity index (χ3v) is 2.50. The van der Waals surface area contributed by atoms with Crippen LogP contribution in [-0.4, -0.2) is 58.9 Å². The van der Waals surface area contributed by atoms with Gasteiger partial charge in [-0.25, -0.2) is 0 Å². The van der Waals surface area contributed by atoms with E-state index in [0.29, 0.717) is 17.9 Å². The number of rotatable bonds is 5. The van der Waals surface area contributed by atoms with Crippen molar-refractivity contribution >= 4 is 11.6 Å². The molecule has 0 saturated carbocycles. The molecule has 0 radical (unpaired) electrons. The molecule has 1 aromatic rings. The van der Waals surface area contributed by atoms with Gasteiger partial charge in [-0.1, -0.05) is 0 Å². The van der Waals surface area contributed by atoms with Crippen molar-refractivity contribution in [2.75, 3.05) is 32.9 Å². The lowest BCUT2D eigenvalue weighted by atomic mass is 10.1. The molecule has 0 aliphatic carbocycles. The number of aliphatic hydroxyl groups is 1. The maximum Gasteiger partial charge on any atom is 0.274 e. The SMILES string of the molecule is Cc1[nH]nc(C(=O)NCC(C)(O)CN(C)C)c1N. The quantitative estimate of drug-likeness (QED) is 0.559. The zero-order valence-corrected chi connectivity index (χ0v) is 11.2. The third-order valence-electron chi connectivity index (χ3n) is 2.50. The summed E-state index contributed by atoms with van der Waals surface area (Å²) >= 11 is 0. The van der Waals surface area contributed by atoms with Gasteiger partial charge in [0, 0.05) is 13.1 Å². The summed E-state index contributed by atoms with van der Waals surface area (Å²) in [7, 11) is 3.71. The Labute approximate surface area is 106 Å². The molecule has 102 valence electrons. The fourth-order valence-electron chi connectivity index (χ4n) is 1.70. The Hall–Kier alpha value is -1.60. The molecule has 18 heavy (non-hydrogen) atoms. The number of anilines is 1. The van der Waals surface area contributed by atoms with Crippen LogP contribution in [0, 0.1) is 6.92 Å². The molecule has 1 heterocycles. The number of carbonyl (C=O) groups excluding carboxylic acids is 1. The Morgan fingerprint density at radius 3 is 2.67 bits per heavy atom. The second kappa shape index (κ2) is 5.36. The molecule has 1 unspecified atom stereocenters. The molecule has 1 atom stereocenters. The Kier molecular flexibility index (Phi) is 4.31. The van der Waals surface area contributed by atoms with Gasteiger partial charge in [0.05, 0.1) is 17.0 Å². The highest BCUT2D eigenvalue weighted by Gasteiger charge is 2.23. The normalized spacial score (nSPS) is 14.6. The molecule has 0 aliphatic rings. The van der Waals surface area contributed by atoms with E-state index in [1.807, 2.05) is 19.0 Å². The fraction of sp³-hybridized carbons (Fsp3) is 0.636. The maximum atomic E-state index is 11.8. The van der Waals surface area contributed by atoms with Gasteiger partial charge >= 0.3 is 0 Å². The first-order valence-corrected chi connectivity index (χ1v) is 5.68. The van der Waals surface area contributed by atoms with Crippen molar-refractivity contribution in [1.29, 1.82) is 0 Å². The summed E-state index contributed by atoms with van der Waals surface area (Å²) < 4.78 is 0. The number of aromatic nitrogens is 2. The molecular formula is C11H21N5O2. The second-order valence-corrected chi connectivity index (χ2v) is 5.03. The molecule has 1 aromatic heterocycles. The molecule has 7 heteroatoms. The van der Waals surface area contributed by atoms with Crippen LogP contribution in [-0.2, 0) is 0 Å². The van der Waals surface area contributed by atoms with Crippen molar-refractivity contribution in [3.8, 4) is 0 Å². The Morgan fingerprint density at radius 1 is 1.61 bits per heavy atom. The number of carbonyl (C=O) groups is 1. The van der Waals surface area contributed by atoms with Gasteiger partial charge in [-0.15, -0.1) is 0 Å². The molecule has 0 bridgehead atoms. The number of H-pyrrole nitrogens is 1. The van der Waals surface area contributed by atoms with E-state index < -0.39 is 11.5 Å². The van der Waals surface area contributed by atoms with Crippen LogP contribution < -0.4 is 11.1 Å². The number of nitrogens with one attached hydrogen (secondary N) is 2. The summed E-state index contributed by atoms with van der Waals surface area (Å²) in [6.07, 6.45) is 0. The molecular weight excluding hydrogens is 234 g/mol. The van der Waals surface area contributed by atoms with Gasteiger partial charge in [0.2, 0.25) is 0 Å². The van der Waals surface area contributed by atoms with Gasteiger partial charge in [-0.3, -0.25) is 9.89 Å². The van der Waals surface area contributed by atoms with Crippen LogP contribution in [0.2, 0.25) is 0 Å². The first-order chi connectivity index (χ1) is 8.23. The minimum Gasteiger partial charge on any atom is -0.395 e. The summed E-state index contributed by atoms with van der Waals surface area (Å²) in [5.41, 5.74) is 5.84. The van der Waals surface area contributed by atoms with Crippen molar-refractivity contribution in [3.63, 3.8) is 0 Å². The molecule has 1 rings (SSSR count). The molecule has 0 saturated heterocycles. The van der Waals surface area contributed by atoms with Crippen LogP contribution in [0.4, 0.5) is 5.69 Å². The van der Waals surface area contributed by atoms with Crippen LogP contribution in [0.1, 0.15) is 23.1 Å². The van der Waals surface area contributed by atoms with E-state index in [-0.39, 0.29) is 12.2 Å². The van der Waals surface area contributed by atoms with Gasteiger partial charge < -0.3 is 21.1 Å². The van der Waals surface area contributed by atoms with Gasteiger partial charge in [0.1, 0.15) is 0 Å². The van der Waals surface area contributed by atoms with E-state index >= 15 is 0 Å². The number of nitrogen functional groups attached to an aromatic ring is 1. The lowest BCUT2D eigenvalue weighted by Gasteiger charge is -2.26. The van der Waals surface area contributed by atoms with Crippen molar-refractivity contribution in [2.45, 2.75) is 19.4 Å². The van der Waals surface area contributed by atoms with Crippen molar-refractivity contribution < 1.29 is 9.90 Å². The van der Waals surface area contributed by atoms with E-state index in [4.69, 9.17) is 5.73 Å². The monoisotopic (exact) mass is 255 g/mol. The summed E-state index contributed by atoms with van der Waals surface area (Å²) in [5, 5.41) is 19.1. The molecule has 0 aromatic carbocycles. The number of aryl methyl sites for hydroxylation is 1. The van der Waals surface area contributed by atoms with Crippen LogP contribution in [0.5, 0.6) is 0 Å². The average molecular weight is 255 g/mol. The molecule has 1 amide bonds. The Morgan fingerprint density at radius 2 is 2.22 bits per heavy atom. The van der Waals surface area contributed by atoms with Gasteiger partial charge in [0.15, 0.2) is 5.69 Å². The van der Waals surface area contributed by atoms with Crippen molar-refractivity contribution in [1.82, 2.24) is 20.4 Å². The summed E-state index contributed by atoms with van der Waals surface area (Å²) in [6.45, 7) is 3.98. The predicted octanol–water partition coefficient (Wildman–Crippen LogP) is -0.657. The van der Waals surface area contributed by atoms with E-state index in [1.165, 1.54) is 0 Å². The summed E-state index contributed by atoms with van der Waals surface area (Å²) in [6, 6.07) is 0. The average Bonchev–Trinajstić information content (AvgIpc) is 2.55. The maximum absolute atomic E-state index is 11.8. The van der Waals surface area contributed by atoms with Crippen LogP contribution in [0.25, 0.3) is 0 Å². The minimum absolute atomic E-state index is 0.134. The van der Waals surface area contributed by atoms with Gasteiger partial charge in [0.25, 0.3) is 5.91 Å². The van der Waals surface area contributed by atoms with E-state index in [2.05, 4.69) is 15.5 Å². The Balaban J connectivity index is 2.59. The van der Waals surface area contributed by atoms with Crippen molar-refractivity contribution in [3.05, 3.63) is 11.4 Å². The number of likely N-dealkylation sites (N-methyl/N-ethyl adjacent to an activating group) is 1. The van der Waals surface area contributed by atoms with Crippen LogP contribution >= 0.6 is 0 Å².